The molecule has 0 saturated carbocycles. The Labute approximate surface area is 185 Å². The first-order valence-corrected chi connectivity index (χ1v) is 12.3. The molecule has 2 aromatic carbocycles. The molecule has 2 aromatic rings. The lowest BCUT2D eigenvalue weighted by molar-refractivity contribution is -0.124. The van der Waals surface area contributed by atoms with Crippen LogP contribution in [-0.4, -0.2) is 44.4 Å². The lowest BCUT2D eigenvalue weighted by Gasteiger charge is -2.31. The van der Waals surface area contributed by atoms with Crippen molar-refractivity contribution in [2.45, 2.75) is 57.4 Å². The summed E-state index contributed by atoms with van der Waals surface area (Å²) in [6.45, 7) is 6.75. The second kappa shape index (κ2) is 10.3. The summed E-state index contributed by atoms with van der Waals surface area (Å²) in [5, 5.41) is 2.96. The molecule has 1 aliphatic heterocycles. The van der Waals surface area contributed by atoms with Crippen LogP contribution < -0.4 is 10.1 Å². The summed E-state index contributed by atoms with van der Waals surface area (Å²) in [6, 6.07) is 13.0. The van der Waals surface area contributed by atoms with Crippen LogP contribution in [0.5, 0.6) is 5.75 Å². The van der Waals surface area contributed by atoms with Crippen molar-refractivity contribution >= 4 is 15.9 Å². The van der Waals surface area contributed by atoms with Gasteiger partial charge >= 0.3 is 0 Å². The molecule has 0 radical (unpaired) electrons. The number of ether oxygens (including phenoxy) is 1. The van der Waals surface area contributed by atoms with Crippen LogP contribution in [0.2, 0.25) is 0 Å². The predicted octanol–water partition coefficient (Wildman–Crippen LogP) is 3.60. The number of carbonyl (C=O) groups excluding carboxylic acids is 1. The van der Waals surface area contributed by atoms with Crippen molar-refractivity contribution in [3.63, 3.8) is 0 Å². The van der Waals surface area contributed by atoms with E-state index >= 15 is 0 Å². The van der Waals surface area contributed by atoms with Crippen molar-refractivity contribution in [3.05, 3.63) is 59.2 Å². The maximum atomic E-state index is 12.9. The highest BCUT2D eigenvalue weighted by molar-refractivity contribution is 7.89. The predicted molar refractivity (Wildman–Crippen MR) is 122 cm³/mol. The fraction of sp³-hybridized carbons (Fsp3) is 0.458. The van der Waals surface area contributed by atoms with E-state index in [4.69, 9.17) is 4.74 Å². The highest BCUT2D eigenvalue weighted by atomic mass is 32.2. The van der Waals surface area contributed by atoms with E-state index in [2.05, 4.69) is 12.2 Å². The van der Waals surface area contributed by atoms with E-state index < -0.39 is 10.0 Å². The van der Waals surface area contributed by atoms with Gasteiger partial charge in [-0.1, -0.05) is 31.5 Å². The zero-order valence-electron chi connectivity index (χ0n) is 18.6. The van der Waals surface area contributed by atoms with Crippen LogP contribution in [0.25, 0.3) is 0 Å². The van der Waals surface area contributed by atoms with Gasteiger partial charge in [0.05, 0.1) is 4.90 Å². The van der Waals surface area contributed by atoms with E-state index in [1.165, 1.54) is 9.87 Å². The molecule has 0 aliphatic carbocycles. The Morgan fingerprint density at radius 3 is 2.35 bits per heavy atom. The standard InChI is InChI=1S/C24H32N2O4S/c1-4-5-20-7-9-22(10-8-20)30-17-24(27)25-21-12-14-26(15-13-21)31(28,29)23-11-6-18(2)19(3)16-23/h6-11,16,21H,4-5,12-15,17H2,1-3H3,(H,25,27). The van der Waals surface area contributed by atoms with Gasteiger partial charge in [0.15, 0.2) is 6.61 Å². The Hall–Kier alpha value is -2.38. The molecular weight excluding hydrogens is 412 g/mol. The number of hydrogen-bond donors (Lipinski definition) is 1. The maximum absolute atomic E-state index is 12.9. The van der Waals surface area contributed by atoms with Crippen molar-refractivity contribution < 1.29 is 17.9 Å². The summed E-state index contributed by atoms with van der Waals surface area (Å²) < 4.78 is 32.9. The summed E-state index contributed by atoms with van der Waals surface area (Å²) in [6.07, 6.45) is 3.29. The average molecular weight is 445 g/mol. The van der Waals surface area contributed by atoms with Crippen LogP contribution >= 0.6 is 0 Å². The number of piperidine rings is 1. The molecule has 7 heteroatoms. The Morgan fingerprint density at radius 2 is 1.74 bits per heavy atom. The topological polar surface area (TPSA) is 75.7 Å². The van der Waals surface area contributed by atoms with E-state index in [-0.39, 0.29) is 18.6 Å². The molecule has 1 N–H and O–H groups in total. The number of nitrogens with one attached hydrogen (secondary N) is 1. The number of nitrogens with zero attached hydrogens (tertiary/aromatic N) is 1. The van der Waals surface area contributed by atoms with Gasteiger partial charge in [0.25, 0.3) is 5.91 Å². The molecule has 0 bridgehead atoms. The number of aryl methyl sites for hydroxylation is 3. The molecular formula is C24H32N2O4S. The Bertz CT molecular complexity index is 995. The second-order valence-electron chi connectivity index (χ2n) is 8.17. The average Bonchev–Trinajstić information content (AvgIpc) is 2.76. The van der Waals surface area contributed by atoms with Crippen LogP contribution in [0, 0.1) is 13.8 Å². The Kier molecular flexibility index (Phi) is 7.73. The van der Waals surface area contributed by atoms with E-state index in [9.17, 15) is 13.2 Å². The third-order valence-electron chi connectivity index (χ3n) is 5.77. The second-order valence-corrected chi connectivity index (χ2v) is 10.1. The van der Waals surface area contributed by atoms with Crippen molar-refractivity contribution in [2.24, 2.45) is 0 Å². The number of sulfonamides is 1. The van der Waals surface area contributed by atoms with Crippen molar-refractivity contribution in [2.75, 3.05) is 19.7 Å². The molecule has 1 fully saturated rings. The van der Waals surface area contributed by atoms with Crippen LogP contribution in [-0.2, 0) is 21.2 Å². The largest absolute Gasteiger partial charge is 0.484 e. The van der Waals surface area contributed by atoms with Crippen molar-refractivity contribution in [1.82, 2.24) is 9.62 Å². The molecule has 168 valence electrons. The molecule has 0 spiro atoms. The fourth-order valence-corrected chi connectivity index (χ4v) is 5.28. The van der Waals surface area contributed by atoms with Gasteiger partial charge in [-0.2, -0.15) is 4.31 Å². The SMILES string of the molecule is CCCc1ccc(OCC(=O)NC2CCN(S(=O)(=O)c3ccc(C)c(C)c3)CC2)cc1. The number of hydrogen-bond acceptors (Lipinski definition) is 4. The van der Waals surface area contributed by atoms with Gasteiger partial charge in [-0.25, -0.2) is 8.42 Å². The van der Waals surface area contributed by atoms with E-state index in [1.54, 1.807) is 12.1 Å². The smallest absolute Gasteiger partial charge is 0.258 e. The first kappa shape index (κ1) is 23.3. The third kappa shape index (κ3) is 6.08. The van der Waals surface area contributed by atoms with E-state index in [1.807, 2.05) is 44.2 Å². The van der Waals surface area contributed by atoms with E-state index in [0.29, 0.717) is 36.6 Å². The van der Waals surface area contributed by atoms with Gasteiger partial charge in [0, 0.05) is 19.1 Å². The lowest BCUT2D eigenvalue weighted by atomic mass is 10.1. The summed E-state index contributed by atoms with van der Waals surface area (Å²) in [5.41, 5.74) is 3.28. The highest BCUT2D eigenvalue weighted by Crippen LogP contribution is 2.23. The van der Waals surface area contributed by atoms with Gasteiger partial charge in [-0.15, -0.1) is 0 Å². The molecule has 3 rings (SSSR count). The normalized spacial score (nSPS) is 15.6. The quantitative estimate of drug-likeness (QED) is 0.675. The summed E-state index contributed by atoms with van der Waals surface area (Å²) in [5.74, 6) is 0.484. The molecule has 1 aliphatic rings. The van der Waals surface area contributed by atoms with Gasteiger partial charge in [-0.05, 0) is 74.1 Å². The molecule has 1 saturated heterocycles. The molecule has 6 nitrogen and oxygen atoms in total. The molecule has 31 heavy (non-hydrogen) atoms. The minimum Gasteiger partial charge on any atom is -0.484 e. The number of amides is 1. The minimum atomic E-state index is -3.51. The minimum absolute atomic E-state index is 0.0470. The van der Waals surface area contributed by atoms with Crippen LogP contribution in [0.15, 0.2) is 47.4 Å². The fourth-order valence-electron chi connectivity index (χ4n) is 3.72. The van der Waals surface area contributed by atoms with Gasteiger partial charge < -0.3 is 10.1 Å². The number of benzene rings is 2. The summed E-state index contributed by atoms with van der Waals surface area (Å²) in [7, 11) is -3.51. The first-order chi connectivity index (χ1) is 14.8. The monoisotopic (exact) mass is 444 g/mol. The van der Waals surface area contributed by atoms with Crippen LogP contribution in [0.1, 0.15) is 42.9 Å². The van der Waals surface area contributed by atoms with Gasteiger partial charge in [0.1, 0.15) is 5.75 Å². The van der Waals surface area contributed by atoms with Crippen LogP contribution in [0.3, 0.4) is 0 Å². The lowest BCUT2D eigenvalue weighted by Crippen LogP contribution is -2.47. The maximum Gasteiger partial charge on any atom is 0.258 e. The van der Waals surface area contributed by atoms with Gasteiger partial charge in [-0.3, -0.25) is 4.79 Å². The molecule has 1 heterocycles. The van der Waals surface area contributed by atoms with Crippen molar-refractivity contribution in [3.8, 4) is 5.75 Å². The molecule has 0 unspecified atom stereocenters. The molecule has 0 atom stereocenters. The third-order valence-corrected chi connectivity index (χ3v) is 7.66. The van der Waals surface area contributed by atoms with E-state index in [0.717, 1.165) is 24.0 Å². The summed E-state index contributed by atoms with van der Waals surface area (Å²) in [4.78, 5) is 12.6. The zero-order valence-corrected chi connectivity index (χ0v) is 19.4. The number of carbonyl (C=O) groups is 1. The van der Waals surface area contributed by atoms with Gasteiger partial charge in [0.2, 0.25) is 10.0 Å². The summed E-state index contributed by atoms with van der Waals surface area (Å²) >= 11 is 0. The first-order valence-electron chi connectivity index (χ1n) is 10.9. The molecule has 1 amide bonds. The highest BCUT2D eigenvalue weighted by Gasteiger charge is 2.30. The van der Waals surface area contributed by atoms with Crippen molar-refractivity contribution in [1.29, 1.82) is 0 Å². The Morgan fingerprint density at radius 1 is 1.06 bits per heavy atom. The molecule has 0 aromatic heterocycles. The Balaban J connectivity index is 1.47. The number of rotatable bonds is 8. The zero-order chi connectivity index (χ0) is 22.4. The van der Waals surface area contributed by atoms with Crippen LogP contribution in [0.4, 0.5) is 0 Å².